The highest BCUT2D eigenvalue weighted by atomic mass is 35.5. The second kappa shape index (κ2) is 10.3. The predicted molar refractivity (Wildman–Crippen MR) is 53.3 cm³/mol. The van der Waals surface area contributed by atoms with Crippen LogP contribution in [0.25, 0.3) is 0 Å². The maximum Gasteiger partial charge on any atom is 0.188 e. The van der Waals surface area contributed by atoms with Crippen molar-refractivity contribution in [3.8, 4) is 0 Å². The van der Waals surface area contributed by atoms with Crippen LogP contribution >= 0.6 is 24.2 Å². The van der Waals surface area contributed by atoms with Crippen molar-refractivity contribution in [2.75, 3.05) is 12.3 Å². The fourth-order valence-corrected chi connectivity index (χ4v) is 1.25. The number of carbonyl (C=O) groups is 1. The number of halogens is 1. The number of thioether (sulfide) groups is 1. The zero-order valence-corrected chi connectivity index (χ0v) is 8.47. The summed E-state index contributed by atoms with van der Waals surface area (Å²) in [4.78, 5) is 10.9. The lowest BCUT2D eigenvalue weighted by atomic mass is 10.3. The molecule has 0 heterocycles. The van der Waals surface area contributed by atoms with Crippen molar-refractivity contribution >= 4 is 29.3 Å². The molecule has 2 N–H and O–H groups in total. The van der Waals surface area contributed by atoms with Gasteiger partial charge in [0.05, 0.1) is 0 Å². The summed E-state index contributed by atoms with van der Waals surface area (Å²) < 4.78 is 0. The Hall–Kier alpha value is 0.270. The van der Waals surface area contributed by atoms with Gasteiger partial charge in [-0.15, -0.1) is 12.4 Å². The fraction of sp³-hybridized carbons (Fsp3) is 0.857. The van der Waals surface area contributed by atoms with Crippen LogP contribution in [0.2, 0.25) is 0 Å². The molecule has 0 amide bonds. The highest BCUT2D eigenvalue weighted by Gasteiger charge is 1.99. The Morgan fingerprint density at radius 3 is 2.64 bits per heavy atom. The van der Waals surface area contributed by atoms with Crippen molar-refractivity contribution in [1.82, 2.24) is 0 Å². The minimum absolute atomic E-state index is 0. The minimum atomic E-state index is 0. The van der Waals surface area contributed by atoms with E-state index >= 15 is 0 Å². The molecule has 11 heavy (non-hydrogen) atoms. The summed E-state index contributed by atoms with van der Waals surface area (Å²) in [6.07, 6.45) is 2.54. The number of nitrogens with two attached hydrogens (primary N) is 1. The second-order valence-electron chi connectivity index (χ2n) is 2.11. The summed E-state index contributed by atoms with van der Waals surface area (Å²) >= 11 is 1.42. The maximum atomic E-state index is 10.9. The first kappa shape index (κ1) is 13.8. The van der Waals surface area contributed by atoms with E-state index in [9.17, 15) is 4.79 Å². The van der Waals surface area contributed by atoms with Crippen LogP contribution in [0.3, 0.4) is 0 Å². The van der Waals surface area contributed by atoms with Crippen LogP contribution in [-0.4, -0.2) is 17.4 Å². The third-order valence-corrected chi connectivity index (χ3v) is 2.19. The summed E-state index contributed by atoms with van der Waals surface area (Å²) in [7, 11) is 0. The summed E-state index contributed by atoms with van der Waals surface area (Å²) in [5.74, 6) is 0.948. The Morgan fingerprint density at radius 2 is 2.18 bits per heavy atom. The standard InChI is InChI=1S/C7H15NOS.ClH/c1-2-6-10-7(9)4-3-5-8;/h2-6,8H2,1H3;1H. The summed E-state index contributed by atoms with van der Waals surface area (Å²) in [6.45, 7) is 2.70. The predicted octanol–water partition coefficient (Wildman–Crippen LogP) is 1.82. The fourth-order valence-electron chi connectivity index (χ4n) is 0.534. The van der Waals surface area contributed by atoms with Crippen LogP contribution in [-0.2, 0) is 4.79 Å². The van der Waals surface area contributed by atoms with Crippen molar-refractivity contribution in [2.45, 2.75) is 26.2 Å². The monoisotopic (exact) mass is 197 g/mol. The second-order valence-corrected chi connectivity index (χ2v) is 3.26. The van der Waals surface area contributed by atoms with Gasteiger partial charge in [-0.25, -0.2) is 0 Å². The van der Waals surface area contributed by atoms with Crippen LogP contribution < -0.4 is 5.73 Å². The van der Waals surface area contributed by atoms with Crippen LogP contribution in [0.15, 0.2) is 0 Å². The number of hydrogen-bond acceptors (Lipinski definition) is 3. The first-order chi connectivity index (χ1) is 4.81. The molecular weight excluding hydrogens is 182 g/mol. The third kappa shape index (κ3) is 10.3. The van der Waals surface area contributed by atoms with Crippen molar-refractivity contribution in [1.29, 1.82) is 0 Å². The molecule has 68 valence electrons. The molecule has 0 fully saturated rings. The lowest BCUT2D eigenvalue weighted by Gasteiger charge is -1.95. The molecule has 0 aromatic rings. The summed E-state index contributed by atoms with van der Waals surface area (Å²) in [5, 5.41) is 0.285. The Bertz CT molecular complexity index is 90.4. The SMILES string of the molecule is CCCSC(=O)CCCN.Cl. The van der Waals surface area contributed by atoms with Gasteiger partial charge in [0, 0.05) is 12.2 Å². The lowest BCUT2D eigenvalue weighted by Crippen LogP contribution is -2.02. The van der Waals surface area contributed by atoms with Crippen LogP contribution in [0.5, 0.6) is 0 Å². The summed E-state index contributed by atoms with van der Waals surface area (Å²) in [6, 6.07) is 0. The first-order valence-corrected chi connectivity index (χ1v) is 4.65. The van der Waals surface area contributed by atoms with Gasteiger partial charge in [0.1, 0.15) is 0 Å². The number of hydrogen-bond donors (Lipinski definition) is 1. The minimum Gasteiger partial charge on any atom is -0.330 e. The molecule has 0 aliphatic rings. The molecule has 0 radical (unpaired) electrons. The first-order valence-electron chi connectivity index (χ1n) is 3.67. The third-order valence-electron chi connectivity index (χ3n) is 1.05. The van der Waals surface area contributed by atoms with E-state index < -0.39 is 0 Å². The van der Waals surface area contributed by atoms with Crippen molar-refractivity contribution in [3.63, 3.8) is 0 Å². The van der Waals surface area contributed by atoms with E-state index in [4.69, 9.17) is 5.73 Å². The smallest absolute Gasteiger partial charge is 0.188 e. The highest BCUT2D eigenvalue weighted by Crippen LogP contribution is 2.07. The number of carbonyl (C=O) groups excluding carboxylic acids is 1. The maximum absolute atomic E-state index is 10.9. The zero-order chi connectivity index (χ0) is 7.82. The molecule has 0 aromatic carbocycles. The number of rotatable bonds is 5. The quantitative estimate of drug-likeness (QED) is 0.731. The highest BCUT2D eigenvalue weighted by molar-refractivity contribution is 8.13. The molecule has 2 nitrogen and oxygen atoms in total. The van der Waals surface area contributed by atoms with Crippen molar-refractivity contribution in [2.24, 2.45) is 5.73 Å². The Labute approximate surface area is 78.7 Å². The van der Waals surface area contributed by atoms with Crippen molar-refractivity contribution < 1.29 is 4.79 Å². The van der Waals surface area contributed by atoms with Crippen LogP contribution in [0.1, 0.15) is 26.2 Å². The Kier molecular flexibility index (Phi) is 12.9. The average molecular weight is 198 g/mol. The van der Waals surface area contributed by atoms with Gasteiger partial charge in [-0.1, -0.05) is 18.7 Å². The van der Waals surface area contributed by atoms with Gasteiger partial charge in [0.25, 0.3) is 0 Å². The van der Waals surface area contributed by atoms with E-state index in [2.05, 4.69) is 6.92 Å². The molecule has 0 saturated carbocycles. The van der Waals surface area contributed by atoms with Gasteiger partial charge < -0.3 is 5.73 Å². The van der Waals surface area contributed by atoms with Crippen molar-refractivity contribution in [3.05, 3.63) is 0 Å². The summed E-state index contributed by atoms with van der Waals surface area (Å²) in [5.41, 5.74) is 5.24. The van der Waals surface area contributed by atoms with Crippen LogP contribution in [0, 0.1) is 0 Å². The average Bonchev–Trinajstić information content (AvgIpc) is 1.97. The van der Waals surface area contributed by atoms with E-state index in [1.54, 1.807) is 0 Å². The molecule has 0 bridgehead atoms. The zero-order valence-electron chi connectivity index (χ0n) is 6.84. The Balaban J connectivity index is 0. The van der Waals surface area contributed by atoms with E-state index in [1.807, 2.05) is 0 Å². The van der Waals surface area contributed by atoms with Gasteiger partial charge in [0.2, 0.25) is 0 Å². The van der Waals surface area contributed by atoms with E-state index in [0.29, 0.717) is 13.0 Å². The van der Waals surface area contributed by atoms with E-state index in [0.717, 1.165) is 18.6 Å². The Morgan fingerprint density at radius 1 is 1.55 bits per heavy atom. The topological polar surface area (TPSA) is 43.1 Å². The molecule has 0 spiro atoms. The van der Waals surface area contributed by atoms with E-state index in [-0.39, 0.29) is 17.5 Å². The largest absolute Gasteiger partial charge is 0.330 e. The molecular formula is C7H16ClNOS. The van der Waals surface area contributed by atoms with Gasteiger partial charge in [-0.3, -0.25) is 4.79 Å². The molecule has 0 aromatic heterocycles. The van der Waals surface area contributed by atoms with Gasteiger partial charge >= 0.3 is 0 Å². The molecule has 4 heteroatoms. The van der Waals surface area contributed by atoms with E-state index in [1.165, 1.54) is 11.8 Å². The molecule has 0 unspecified atom stereocenters. The van der Waals surface area contributed by atoms with Gasteiger partial charge in [-0.2, -0.15) is 0 Å². The lowest BCUT2D eigenvalue weighted by molar-refractivity contribution is -0.111. The molecule has 0 aliphatic heterocycles. The van der Waals surface area contributed by atoms with Gasteiger partial charge in [0.15, 0.2) is 5.12 Å². The normalized spacial score (nSPS) is 8.91. The molecule has 0 rings (SSSR count). The molecule has 0 atom stereocenters. The van der Waals surface area contributed by atoms with Gasteiger partial charge in [-0.05, 0) is 19.4 Å². The molecule has 0 saturated heterocycles. The van der Waals surface area contributed by atoms with Crippen LogP contribution in [0.4, 0.5) is 0 Å². The molecule has 0 aliphatic carbocycles.